The molecule has 0 unspecified atom stereocenters. The zero-order valence-corrected chi connectivity index (χ0v) is 48.1. The molecule has 12 aromatic rings. The Hall–Kier alpha value is -9.13. The summed E-state index contributed by atoms with van der Waals surface area (Å²) in [6.07, 6.45) is 14.8. The van der Waals surface area contributed by atoms with Gasteiger partial charge in [-0.1, -0.05) is 0 Å². The first kappa shape index (κ1) is 56.0. The quantitative estimate of drug-likeness (QED) is 0.120. The topological polar surface area (TPSA) is 226 Å². The normalized spacial score (nSPS) is 15.4. The number of nitrogens with zero attached hydrogens (tertiary/aromatic N) is 16. The molecule has 12 heterocycles. The second-order valence-corrected chi connectivity index (χ2v) is 22.3. The van der Waals surface area contributed by atoms with Gasteiger partial charge in [0.25, 0.3) is 0 Å². The van der Waals surface area contributed by atoms with Crippen LogP contribution in [0.4, 0.5) is 17.6 Å². The van der Waals surface area contributed by atoms with E-state index >= 15 is 4.39 Å². The Bertz CT molecular complexity index is 4340. The van der Waals surface area contributed by atoms with E-state index in [1.807, 2.05) is 62.8 Å². The molecule has 24 heteroatoms. The van der Waals surface area contributed by atoms with Crippen LogP contribution in [0.5, 0.6) is 5.75 Å². The van der Waals surface area contributed by atoms with E-state index in [0.717, 1.165) is 112 Å². The van der Waals surface area contributed by atoms with Crippen molar-refractivity contribution < 1.29 is 22.3 Å². The molecule has 0 radical (unpaired) electrons. The predicted molar refractivity (Wildman–Crippen MR) is 317 cm³/mol. The highest BCUT2D eigenvalue weighted by Gasteiger charge is 2.24. The number of imidazole rings is 3. The van der Waals surface area contributed by atoms with Crippen molar-refractivity contribution >= 4 is 50.0 Å². The lowest BCUT2D eigenvalue weighted by molar-refractivity contribution is 0.341. The first-order valence-corrected chi connectivity index (χ1v) is 29.0. The number of fused-ring (bicyclic) bond motifs is 6. The lowest BCUT2D eigenvalue weighted by Gasteiger charge is -2.20. The average molecular weight is 1160 g/mol. The Morgan fingerprint density at radius 1 is 0.430 bits per heavy atom. The van der Waals surface area contributed by atoms with E-state index in [1.54, 1.807) is 46.4 Å². The summed E-state index contributed by atoms with van der Waals surface area (Å²) in [6, 6.07) is 14.8. The van der Waals surface area contributed by atoms with Crippen LogP contribution >= 0.6 is 0 Å². The van der Waals surface area contributed by atoms with Crippen LogP contribution in [0.2, 0.25) is 0 Å². The summed E-state index contributed by atoms with van der Waals surface area (Å²) in [5, 5.41) is 40.1. The second-order valence-electron chi connectivity index (χ2n) is 22.3. The molecule has 0 amide bonds. The molecule has 0 bridgehead atoms. The molecule has 3 aromatic carbocycles. The predicted octanol–water partition coefficient (Wildman–Crippen LogP) is 10.0. The van der Waals surface area contributed by atoms with E-state index in [9.17, 15) is 13.2 Å². The summed E-state index contributed by atoms with van der Waals surface area (Å²) in [6.45, 7) is 15.5. The molecule has 438 valence electrons. The number of aromatic nitrogens is 16. The minimum atomic E-state index is -0.486. The molecule has 3 aliphatic heterocycles. The van der Waals surface area contributed by atoms with Gasteiger partial charge in [0.15, 0.2) is 57.8 Å². The van der Waals surface area contributed by atoms with E-state index in [-0.39, 0.29) is 40.3 Å². The second kappa shape index (κ2) is 23.7. The lowest BCUT2D eigenvalue weighted by atomic mass is 9.97. The van der Waals surface area contributed by atoms with Crippen molar-refractivity contribution in [1.82, 2.24) is 94.9 Å². The molecule has 9 aromatic heterocycles. The van der Waals surface area contributed by atoms with Gasteiger partial charge in [0.2, 0.25) is 0 Å². The zero-order valence-electron chi connectivity index (χ0n) is 48.1. The first-order valence-electron chi connectivity index (χ1n) is 29.0. The summed E-state index contributed by atoms with van der Waals surface area (Å²) in [5.74, 6) is 1.34. The van der Waals surface area contributed by atoms with Gasteiger partial charge < -0.3 is 29.5 Å². The largest absolute Gasteiger partial charge is 0.490 e. The monoisotopic (exact) mass is 1160 g/mol. The number of pyridine rings is 2. The number of halogens is 4. The Balaban J connectivity index is 0.000000120. The van der Waals surface area contributed by atoms with Gasteiger partial charge in [0.1, 0.15) is 38.7 Å². The van der Waals surface area contributed by atoms with Crippen molar-refractivity contribution in [2.45, 2.75) is 90.9 Å². The van der Waals surface area contributed by atoms with Crippen molar-refractivity contribution in [3.8, 4) is 39.3 Å². The van der Waals surface area contributed by atoms with E-state index in [4.69, 9.17) is 4.74 Å². The van der Waals surface area contributed by atoms with Gasteiger partial charge in [0, 0.05) is 59.7 Å². The van der Waals surface area contributed by atoms with Gasteiger partial charge in [-0.05, 0) is 183 Å². The van der Waals surface area contributed by atoms with Crippen molar-refractivity contribution in [3.05, 3.63) is 149 Å². The summed E-state index contributed by atoms with van der Waals surface area (Å²) < 4.78 is 70.2. The fraction of sp³-hybridized carbons (Fsp3) is 0.339. The van der Waals surface area contributed by atoms with Gasteiger partial charge >= 0.3 is 0 Å². The van der Waals surface area contributed by atoms with Gasteiger partial charge in [-0.3, -0.25) is 0 Å². The molecule has 3 saturated heterocycles. The number of rotatable bonds is 8. The molecule has 0 saturated carbocycles. The van der Waals surface area contributed by atoms with Gasteiger partial charge in [0.05, 0.1) is 35.6 Å². The van der Waals surface area contributed by atoms with Crippen LogP contribution in [-0.4, -0.2) is 125 Å². The number of benzene rings is 3. The molecular weight excluding hydrogens is 1100 g/mol. The third-order valence-electron chi connectivity index (χ3n) is 16.0. The highest BCUT2D eigenvalue weighted by atomic mass is 19.1. The Labute approximate surface area is 490 Å². The third-order valence-corrected chi connectivity index (χ3v) is 16.0. The molecule has 15 rings (SSSR count). The fourth-order valence-corrected chi connectivity index (χ4v) is 11.6. The van der Waals surface area contributed by atoms with Crippen molar-refractivity contribution in [2.24, 2.45) is 0 Å². The van der Waals surface area contributed by atoms with Crippen molar-refractivity contribution in [1.29, 1.82) is 0 Å². The summed E-state index contributed by atoms with van der Waals surface area (Å²) in [7, 11) is 0. The molecular formula is C62H61F4N19O. The van der Waals surface area contributed by atoms with Crippen LogP contribution in [0.1, 0.15) is 103 Å². The molecule has 0 atom stereocenters. The lowest BCUT2D eigenvalue weighted by Crippen LogP contribution is -2.27. The first-order chi connectivity index (χ1) is 41.8. The zero-order chi connectivity index (χ0) is 59.2. The maximum Gasteiger partial charge on any atom is 0.196 e. The maximum absolute atomic E-state index is 15.0. The standard InChI is InChI=1S/C21H22FN7O.C21H21FN6.C20H18F2N6/c1-3-30-18-10-16(28-29-11-12(2)24-21(18)29)14-8-15(22)19-17(9-14)26-27-20(25-19)13-4-6-23-7-5-13;1-12-7-16(11-28-10-13(2)24-21(12)28)15-8-17(22)19-18(9-15)26-27-20(25-19)14-3-5-23-6-4-14;1-11-9-28-10-14(7-16(22)20(28)24-11)13-6-15(21)18-17(8-13)26-27-19(25-18)12-2-4-23-5-3-12/h8-11,13,23H,3-7H2,1-2H3;7-11,14,23H,3-6H2,1-2H3;6-10,12,23H,2-5H2,1H3. The van der Waals surface area contributed by atoms with Gasteiger partial charge in [-0.25, -0.2) is 52.0 Å². The molecule has 0 spiro atoms. The average Bonchev–Trinajstić information content (AvgIpc) is 1.90. The van der Waals surface area contributed by atoms with E-state index in [2.05, 4.69) is 81.5 Å². The van der Waals surface area contributed by atoms with E-state index in [0.29, 0.717) is 85.6 Å². The number of piperidine rings is 3. The molecule has 3 aliphatic rings. The third kappa shape index (κ3) is 11.5. The molecule has 86 heavy (non-hydrogen) atoms. The smallest absolute Gasteiger partial charge is 0.196 e. The van der Waals surface area contributed by atoms with Crippen LogP contribution in [-0.2, 0) is 0 Å². The van der Waals surface area contributed by atoms with E-state index in [1.165, 1.54) is 24.3 Å². The Morgan fingerprint density at radius 3 is 1.33 bits per heavy atom. The van der Waals surface area contributed by atoms with Crippen LogP contribution in [0, 0.1) is 51.0 Å². The van der Waals surface area contributed by atoms with Crippen LogP contribution in [0.25, 0.3) is 83.6 Å². The van der Waals surface area contributed by atoms with Gasteiger partial charge in [-0.2, -0.15) is 5.10 Å². The fourth-order valence-electron chi connectivity index (χ4n) is 11.6. The van der Waals surface area contributed by atoms with Crippen LogP contribution in [0.3, 0.4) is 0 Å². The molecule has 3 N–H and O–H groups in total. The summed E-state index contributed by atoms with van der Waals surface area (Å²) >= 11 is 0. The highest BCUT2D eigenvalue weighted by molar-refractivity contribution is 5.84. The van der Waals surface area contributed by atoms with Crippen molar-refractivity contribution in [2.75, 3.05) is 45.9 Å². The molecule has 3 fully saturated rings. The van der Waals surface area contributed by atoms with Crippen LogP contribution < -0.4 is 20.7 Å². The highest BCUT2D eigenvalue weighted by Crippen LogP contribution is 2.34. The number of hydrogen-bond acceptors (Lipinski definition) is 17. The number of hydrogen-bond donors (Lipinski definition) is 3. The molecule has 0 aliphatic carbocycles. The van der Waals surface area contributed by atoms with Crippen molar-refractivity contribution in [3.63, 3.8) is 0 Å². The van der Waals surface area contributed by atoms with E-state index < -0.39 is 17.5 Å². The van der Waals surface area contributed by atoms with Crippen LogP contribution in [0.15, 0.2) is 85.6 Å². The summed E-state index contributed by atoms with van der Waals surface area (Å²) in [4.78, 5) is 26.6. The minimum absolute atomic E-state index is 0.193. The number of nitrogens with one attached hydrogen (secondary N) is 3. The number of ether oxygens (including phenoxy) is 1. The maximum atomic E-state index is 15.0. The molecule has 20 nitrogen and oxygen atoms in total. The SMILES string of the molecule is CCOc1cc(-c2cc(F)c3nc(C4CCNCC4)nnc3c2)nn2cc(C)nc12.Cc1cn2cc(-c3cc(F)c4nc(C5CCNCC5)nnc4c3)cc(C)c2n1.Cc1cn2cc(-c3cc(F)c4nc(C5CCNCC5)nnc4c3)cc(F)c2n1. The summed E-state index contributed by atoms with van der Waals surface area (Å²) in [5.41, 5.74) is 11.2. The Morgan fingerprint density at radius 2 is 0.837 bits per heavy atom. The van der Waals surface area contributed by atoms with Gasteiger partial charge in [-0.15, -0.1) is 30.6 Å². The number of aryl methyl sites for hydroxylation is 4. The Kier molecular flexibility index (Phi) is 15.5. The minimum Gasteiger partial charge on any atom is -0.490 e.